The molecule has 0 radical (unpaired) electrons. The van der Waals surface area contributed by atoms with Gasteiger partial charge in [-0.05, 0) is 29.8 Å². The zero-order valence-electron chi connectivity index (χ0n) is 18.9. The molecule has 1 atom stereocenters. The van der Waals surface area contributed by atoms with Gasteiger partial charge in [0, 0.05) is 39.1 Å². The number of furan rings is 1. The topological polar surface area (TPSA) is 75.0 Å². The van der Waals surface area contributed by atoms with Gasteiger partial charge in [-0.15, -0.1) is 0 Å². The number of para-hydroxylation sites is 1. The van der Waals surface area contributed by atoms with Crippen LogP contribution in [0.4, 0.5) is 0 Å². The molecule has 0 unspecified atom stereocenters. The SMILES string of the molecule is O=C(N[C@@H](Cc1ccccc1)C(=O)N1CCN(CCOc2ccccc2Cl)CC1)c1ccco1. The molecule has 4 rings (SSSR count). The number of amides is 2. The lowest BCUT2D eigenvalue weighted by atomic mass is 10.0. The van der Waals surface area contributed by atoms with Crippen molar-refractivity contribution in [3.8, 4) is 5.75 Å². The number of hydrogen-bond donors (Lipinski definition) is 1. The summed E-state index contributed by atoms with van der Waals surface area (Å²) in [5, 5.41) is 3.46. The molecule has 0 saturated carbocycles. The van der Waals surface area contributed by atoms with Crippen LogP contribution in [-0.4, -0.2) is 67.0 Å². The molecule has 1 fully saturated rings. The van der Waals surface area contributed by atoms with Crippen molar-refractivity contribution in [1.82, 2.24) is 15.1 Å². The van der Waals surface area contributed by atoms with Crippen LogP contribution in [0.3, 0.4) is 0 Å². The molecule has 1 N–H and O–H groups in total. The van der Waals surface area contributed by atoms with Gasteiger partial charge in [-0.25, -0.2) is 0 Å². The average molecular weight is 482 g/mol. The van der Waals surface area contributed by atoms with Crippen LogP contribution < -0.4 is 10.1 Å². The Hall–Kier alpha value is -3.29. The Morgan fingerprint density at radius 2 is 1.71 bits per heavy atom. The first-order valence-electron chi connectivity index (χ1n) is 11.4. The van der Waals surface area contributed by atoms with Crippen LogP contribution in [0.25, 0.3) is 0 Å². The van der Waals surface area contributed by atoms with Crippen LogP contribution in [0.5, 0.6) is 5.75 Å². The van der Waals surface area contributed by atoms with E-state index < -0.39 is 11.9 Å². The predicted molar refractivity (Wildman–Crippen MR) is 130 cm³/mol. The molecule has 0 bridgehead atoms. The summed E-state index contributed by atoms with van der Waals surface area (Å²) in [6.07, 6.45) is 1.86. The van der Waals surface area contributed by atoms with Crippen molar-refractivity contribution in [2.45, 2.75) is 12.5 Å². The molecule has 178 valence electrons. The van der Waals surface area contributed by atoms with Crippen LogP contribution in [0.2, 0.25) is 5.02 Å². The highest BCUT2D eigenvalue weighted by atomic mass is 35.5. The third-order valence-corrected chi connectivity index (χ3v) is 6.13. The molecular weight excluding hydrogens is 454 g/mol. The van der Waals surface area contributed by atoms with Crippen molar-refractivity contribution in [2.24, 2.45) is 0 Å². The summed E-state index contributed by atoms with van der Waals surface area (Å²) in [6.45, 7) is 3.92. The standard InChI is InChI=1S/C26H28ClN3O4/c27-21-9-4-5-10-23(21)34-18-16-29-12-14-30(15-13-29)26(32)22(19-20-7-2-1-3-8-20)28-25(31)24-11-6-17-33-24/h1-11,17,22H,12-16,18-19H2,(H,28,31)/t22-/m0/s1. The van der Waals surface area contributed by atoms with E-state index in [1.54, 1.807) is 18.2 Å². The number of nitrogens with zero attached hydrogens (tertiary/aromatic N) is 2. The molecule has 1 aliphatic rings. The fourth-order valence-corrected chi connectivity index (χ4v) is 4.14. The number of benzene rings is 2. The minimum atomic E-state index is -0.671. The lowest BCUT2D eigenvalue weighted by Gasteiger charge is -2.36. The molecule has 2 aromatic carbocycles. The van der Waals surface area contributed by atoms with Gasteiger partial charge >= 0.3 is 0 Å². The maximum Gasteiger partial charge on any atom is 0.287 e. The number of hydrogen-bond acceptors (Lipinski definition) is 5. The van der Waals surface area contributed by atoms with Gasteiger partial charge in [0.05, 0.1) is 11.3 Å². The Morgan fingerprint density at radius 1 is 0.971 bits per heavy atom. The van der Waals surface area contributed by atoms with Crippen LogP contribution >= 0.6 is 11.6 Å². The van der Waals surface area contributed by atoms with Gasteiger partial charge in [-0.1, -0.05) is 54.1 Å². The van der Waals surface area contributed by atoms with Gasteiger partial charge < -0.3 is 19.4 Å². The summed E-state index contributed by atoms with van der Waals surface area (Å²) < 4.78 is 11.0. The van der Waals surface area contributed by atoms with E-state index in [0.717, 1.165) is 25.2 Å². The maximum absolute atomic E-state index is 13.4. The highest BCUT2D eigenvalue weighted by Gasteiger charge is 2.29. The third kappa shape index (κ3) is 6.40. The minimum absolute atomic E-state index is 0.0873. The Bertz CT molecular complexity index is 1070. The van der Waals surface area contributed by atoms with E-state index in [0.29, 0.717) is 36.9 Å². The molecule has 1 aromatic heterocycles. The molecule has 2 heterocycles. The highest BCUT2D eigenvalue weighted by Crippen LogP contribution is 2.23. The van der Waals surface area contributed by atoms with Gasteiger partial charge in [0.2, 0.25) is 5.91 Å². The van der Waals surface area contributed by atoms with E-state index >= 15 is 0 Å². The van der Waals surface area contributed by atoms with Crippen molar-refractivity contribution in [3.63, 3.8) is 0 Å². The summed E-state index contributed by atoms with van der Waals surface area (Å²) in [6, 6.07) is 19.7. The molecule has 1 aliphatic heterocycles. The Balaban J connectivity index is 1.31. The molecule has 7 nitrogen and oxygen atoms in total. The van der Waals surface area contributed by atoms with Crippen molar-refractivity contribution in [2.75, 3.05) is 39.3 Å². The molecular formula is C26H28ClN3O4. The first-order chi connectivity index (χ1) is 16.6. The fourth-order valence-electron chi connectivity index (χ4n) is 3.95. The van der Waals surface area contributed by atoms with Gasteiger partial charge in [-0.2, -0.15) is 0 Å². The number of piperazine rings is 1. The number of nitrogens with one attached hydrogen (secondary N) is 1. The predicted octanol–water partition coefficient (Wildman–Crippen LogP) is 3.50. The summed E-state index contributed by atoms with van der Waals surface area (Å²) in [5.74, 6) is 0.383. The fraction of sp³-hybridized carbons (Fsp3) is 0.308. The van der Waals surface area contributed by atoms with Crippen molar-refractivity contribution in [1.29, 1.82) is 0 Å². The first kappa shape index (κ1) is 23.9. The van der Waals surface area contributed by atoms with Crippen LogP contribution in [0, 0.1) is 0 Å². The van der Waals surface area contributed by atoms with Gasteiger partial charge in [0.1, 0.15) is 18.4 Å². The Kier molecular flexibility index (Phi) is 8.22. The monoisotopic (exact) mass is 481 g/mol. The summed E-state index contributed by atoms with van der Waals surface area (Å²) in [7, 11) is 0. The lowest BCUT2D eigenvalue weighted by molar-refractivity contribution is -0.135. The van der Waals surface area contributed by atoms with Crippen molar-refractivity contribution in [3.05, 3.63) is 89.3 Å². The zero-order valence-corrected chi connectivity index (χ0v) is 19.6. The van der Waals surface area contributed by atoms with Gasteiger partial charge in [0.25, 0.3) is 5.91 Å². The molecule has 34 heavy (non-hydrogen) atoms. The van der Waals surface area contributed by atoms with E-state index in [1.165, 1.54) is 6.26 Å². The van der Waals surface area contributed by atoms with Crippen LogP contribution in [0.1, 0.15) is 16.1 Å². The first-order valence-corrected chi connectivity index (χ1v) is 11.7. The Morgan fingerprint density at radius 3 is 2.41 bits per heavy atom. The second-order valence-electron chi connectivity index (χ2n) is 8.14. The number of rotatable bonds is 9. The minimum Gasteiger partial charge on any atom is -0.491 e. The lowest BCUT2D eigenvalue weighted by Crippen LogP contribution is -2.55. The van der Waals surface area contributed by atoms with E-state index in [-0.39, 0.29) is 11.7 Å². The Labute approximate surface area is 204 Å². The second kappa shape index (κ2) is 11.7. The van der Waals surface area contributed by atoms with Crippen molar-refractivity contribution < 1.29 is 18.7 Å². The average Bonchev–Trinajstić information content (AvgIpc) is 3.41. The van der Waals surface area contributed by atoms with Gasteiger partial charge in [-0.3, -0.25) is 14.5 Å². The van der Waals surface area contributed by atoms with E-state index in [2.05, 4.69) is 10.2 Å². The van der Waals surface area contributed by atoms with Crippen molar-refractivity contribution >= 4 is 23.4 Å². The zero-order chi connectivity index (χ0) is 23.8. The summed E-state index contributed by atoms with van der Waals surface area (Å²) in [4.78, 5) is 30.1. The van der Waals surface area contributed by atoms with Crippen LogP contribution in [0.15, 0.2) is 77.4 Å². The number of carbonyl (C=O) groups excluding carboxylic acids is 2. The maximum atomic E-state index is 13.4. The molecule has 1 saturated heterocycles. The second-order valence-corrected chi connectivity index (χ2v) is 8.55. The normalized spacial score (nSPS) is 15.0. The van der Waals surface area contributed by atoms with E-state index in [9.17, 15) is 9.59 Å². The highest BCUT2D eigenvalue weighted by molar-refractivity contribution is 6.32. The smallest absolute Gasteiger partial charge is 0.287 e. The summed E-state index contributed by atoms with van der Waals surface area (Å²) >= 11 is 6.14. The largest absolute Gasteiger partial charge is 0.491 e. The number of ether oxygens (including phenoxy) is 1. The molecule has 2 amide bonds. The molecule has 0 aliphatic carbocycles. The number of carbonyl (C=O) groups is 2. The molecule has 8 heteroatoms. The third-order valence-electron chi connectivity index (χ3n) is 5.82. The van der Waals surface area contributed by atoms with E-state index in [4.69, 9.17) is 20.8 Å². The molecule has 0 spiro atoms. The van der Waals surface area contributed by atoms with E-state index in [1.807, 2.05) is 53.4 Å². The molecule has 3 aromatic rings. The van der Waals surface area contributed by atoms with Gasteiger partial charge in [0.15, 0.2) is 5.76 Å². The summed E-state index contributed by atoms with van der Waals surface area (Å²) in [5.41, 5.74) is 0.982. The quantitative estimate of drug-likeness (QED) is 0.506. The number of halogens is 1. The van der Waals surface area contributed by atoms with Crippen LogP contribution in [-0.2, 0) is 11.2 Å².